The highest BCUT2D eigenvalue weighted by atomic mass is 35.5. The number of carbonyl (C=O) groups excluding carboxylic acids is 2. The van der Waals surface area contributed by atoms with E-state index in [1.54, 1.807) is 34.7 Å². The molecule has 6 nitrogen and oxygen atoms in total. The molecule has 9 heteroatoms. The summed E-state index contributed by atoms with van der Waals surface area (Å²) < 4.78 is 6.74. The summed E-state index contributed by atoms with van der Waals surface area (Å²) in [4.78, 5) is 26.3. The first-order chi connectivity index (χ1) is 15.1. The van der Waals surface area contributed by atoms with E-state index in [-0.39, 0.29) is 12.5 Å². The topological polar surface area (TPSA) is 64.4 Å². The summed E-state index contributed by atoms with van der Waals surface area (Å²) >= 11 is 18.7. The minimum atomic E-state index is -0.611. The molecule has 1 amide bonds. The number of carbonyl (C=O) groups is 2. The summed E-state index contributed by atoms with van der Waals surface area (Å²) in [6, 6.07) is 5.22. The van der Waals surface area contributed by atoms with E-state index in [9.17, 15) is 9.59 Å². The lowest BCUT2D eigenvalue weighted by molar-refractivity contribution is -0.149. The maximum Gasteiger partial charge on any atom is 0.331 e. The molecule has 1 aromatic carbocycles. The molecule has 2 heterocycles. The van der Waals surface area contributed by atoms with Crippen LogP contribution in [-0.4, -0.2) is 46.3 Å². The zero-order valence-corrected chi connectivity index (χ0v) is 20.5. The van der Waals surface area contributed by atoms with Gasteiger partial charge in [-0.05, 0) is 49.0 Å². The fraction of sp³-hybridized carbons (Fsp3) is 0.435. The smallest absolute Gasteiger partial charge is 0.331 e. The summed E-state index contributed by atoms with van der Waals surface area (Å²) in [5.74, 6) is 0.109. The van der Waals surface area contributed by atoms with Gasteiger partial charge in [0.25, 0.3) is 5.91 Å². The average molecular weight is 499 g/mol. The Morgan fingerprint density at radius 1 is 1.19 bits per heavy atom. The Bertz CT molecular complexity index is 1020. The Kier molecular flexibility index (Phi) is 8.26. The van der Waals surface area contributed by atoms with Gasteiger partial charge in [-0.3, -0.25) is 4.79 Å². The van der Waals surface area contributed by atoms with Crippen molar-refractivity contribution >= 4 is 52.8 Å². The summed E-state index contributed by atoms with van der Waals surface area (Å²) in [6.45, 7) is 7.51. The maximum atomic E-state index is 12.4. The highest BCUT2D eigenvalue weighted by Gasteiger charge is 2.25. The van der Waals surface area contributed by atoms with Crippen LogP contribution in [0, 0.1) is 18.8 Å². The van der Waals surface area contributed by atoms with Crippen LogP contribution in [0.3, 0.4) is 0 Å². The molecule has 1 aliphatic heterocycles. The van der Waals surface area contributed by atoms with Gasteiger partial charge in [-0.1, -0.05) is 54.7 Å². The first kappa shape index (κ1) is 24.6. The predicted octanol–water partition coefficient (Wildman–Crippen LogP) is 5.26. The van der Waals surface area contributed by atoms with E-state index >= 15 is 0 Å². The summed E-state index contributed by atoms with van der Waals surface area (Å²) in [5, 5.41) is 5.86. The molecule has 2 unspecified atom stereocenters. The minimum absolute atomic E-state index is 0.174. The number of piperidine rings is 1. The summed E-state index contributed by atoms with van der Waals surface area (Å²) in [5.41, 5.74) is 2.06. The Morgan fingerprint density at radius 2 is 1.88 bits per heavy atom. The number of amides is 1. The van der Waals surface area contributed by atoms with Crippen molar-refractivity contribution in [1.82, 2.24) is 14.7 Å². The van der Waals surface area contributed by atoms with Crippen LogP contribution in [0.25, 0.3) is 6.08 Å². The standard InChI is InChI=1S/C23H26Cl3N3O3/c1-14-8-15(2)11-28(10-14)21(30)13-32-22(31)7-6-19-16(3)27-29(23(19)26)12-17-4-5-18(24)9-20(17)25/h4-7,9,14-15H,8,10-13H2,1-3H3. The molecular weight excluding hydrogens is 473 g/mol. The molecule has 1 fully saturated rings. The third-order valence-corrected chi connectivity index (χ3v) is 6.38. The van der Waals surface area contributed by atoms with Gasteiger partial charge < -0.3 is 9.64 Å². The van der Waals surface area contributed by atoms with E-state index in [1.165, 1.54) is 6.08 Å². The second-order valence-corrected chi connectivity index (χ2v) is 9.57. The van der Waals surface area contributed by atoms with E-state index in [0.717, 1.165) is 12.0 Å². The highest BCUT2D eigenvalue weighted by Crippen LogP contribution is 2.26. The number of rotatable bonds is 6. The van der Waals surface area contributed by atoms with Crippen LogP contribution in [-0.2, 0) is 20.9 Å². The second-order valence-electron chi connectivity index (χ2n) is 8.37. The molecule has 1 aliphatic rings. The van der Waals surface area contributed by atoms with Gasteiger partial charge in [-0.15, -0.1) is 0 Å². The van der Waals surface area contributed by atoms with E-state index in [2.05, 4.69) is 18.9 Å². The molecule has 3 rings (SSSR count). The number of ether oxygens (including phenoxy) is 1. The molecule has 0 spiro atoms. The molecule has 1 saturated heterocycles. The van der Waals surface area contributed by atoms with E-state index in [1.807, 2.05) is 6.07 Å². The Morgan fingerprint density at radius 3 is 2.53 bits per heavy atom. The van der Waals surface area contributed by atoms with E-state index in [0.29, 0.717) is 57.9 Å². The van der Waals surface area contributed by atoms with Crippen molar-refractivity contribution in [2.75, 3.05) is 19.7 Å². The fourth-order valence-electron chi connectivity index (χ4n) is 3.96. The monoisotopic (exact) mass is 497 g/mol. The minimum Gasteiger partial charge on any atom is -0.452 e. The van der Waals surface area contributed by atoms with Crippen LogP contribution in [0.1, 0.15) is 37.1 Å². The van der Waals surface area contributed by atoms with Crippen molar-refractivity contribution in [3.05, 3.63) is 56.3 Å². The van der Waals surface area contributed by atoms with Gasteiger partial charge in [-0.25, -0.2) is 9.48 Å². The van der Waals surface area contributed by atoms with Crippen LogP contribution >= 0.6 is 34.8 Å². The van der Waals surface area contributed by atoms with Gasteiger partial charge in [0.15, 0.2) is 6.61 Å². The van der Waals surface area contributed by atoms with E-state index < -0.39 is 5.97 Å². The molecule has 32 heavy (non-hydrogen) atoms. The fourth-order valence-corrected chi connectivity index (χ4v) is 4.73. The normalized spacial score (nSPS) is 18.9. The van der Waals surface area contributed by atoms with Gasteiger partial charge >= 0.3 is 5.97 Å². The Balaban J connectivity index is 1.60. The molecule has 0 bridgehead atoms. The van der Waals surface area contributed by atoms with Crippen molar-refractivity contribution in [3.63, 3.8) is 0 Å². The third kappa shape index (κ3) is 6.27. The molecule has 172 valence electrons. The van der Waals surface area contributed by atoms with Crippen LogP contribution in [0.4, 0.5) is 0 Å². The molecule has 2 atom stereocenters. The van der Waals surface area contributed by atoms with Crippen molar-refractivity contribution in [2.45, 2.75) is 33.7 Å². The van der Waals surface area contributed by atoms with Crippen molar-refractivity contribution in [2.24, 2.45) is 11.8 Å². The lowest BCUT2D eigenvalue weighted by Gasteiger charge is -2.34. The maximum absolute atomic E-state index is 12.4. The van der Waals surface area contributed by atoms with Gasteiger partial charge in [-0.2, -0.15) is 5.10 Å². The van der Waals surface area contributed by atoms with Gasteiger partial charge in [0, 0.05) is 34.8 Å². The summed E-state index contributed by atoms with van der Waals surface area (Å²) in [6.07, 6.45) is 3.90. The van der Waals surface area contributed by atoms with Crippen LogP contribution in [0.15, 0.2) is 24.3 Å². The van der Waals surface area contributed by atoms with Gasteiger partial charge in [0.05, 0.1) is 12.2 Å². The van der Waals surface area contributed by atoms with Crippen LogP contribution in [0.2, 0.25) is 15.2 Å². The van der Waals surface area contributed by atoms with E-state index in [4.69, 9.17) is 39.5 Å². The molecule has 0 N–H and O–H groups in total. The first-order valence-corrected chi connectivity index (χ1v) is 11.6. The predicted molar refractivity (Wildman–Crippen MR) is 127 cm³/mol. The molecule has 2 aromatic rings. The Labute approximate surface area is 203 Å². The van der Waals surface area contributed by atoms with Crippen LogP contribution < -0.4 is 0 Å². The number of nitrogens with zero attached hydrogens (tertiary/aromatic N) is 3. The number of aryl methyl sites for hydroxylation is 1. The zero-order chi connectivity index (χ0) is 23.4. The zero-order valence-electron chi connectivity index (χ0n) is 18.3. The quantitative estimate of drug-likeness (QED) is 0.402. The molecule has 1 aromatic heterocycles. The molecular formula is C23H26Cl3N3O3. The molecule has 0 radical (unpaired) electrons. The number of hydrogen-bond donors (Lipinski definition) is 0. The lowest BCUT2D eigenvalue weighted by Crippen LogP contribution is -2.44. The number of benzene rings is 1. The third-order valence-electron chi connectivity index (χ3n) is 5.39. The van der Waals surface area contributed by atoms with Crippen molar-refractivity contribution < 1.29 is 14.3 Å². The number of aromatic nitrogens is 2. The van der Waals surface area contributed by atoms with Crippen molar-refractivity contribution in [1.29, 1.82) is 0 Å². The first-order valence-electron chi connectivity index (χ1n) is 10.4. The summed E-state index contributed by atoms with van der Waals surface area (Å²) in [7, 11) is 0. The number of esters is 1. The highest BCUT2D eigenvalue weighted by molar-refractivity contribution is 6.35. The average Bonchev–Trinajstić information content (AvgIpc) is 2.98. The van der Waals surface area contributed by atoms with Crippen molar-refractivity contribution in [3.8, 4) is 0 Å². The van der Waals surface area contributed by atoms with Gasteiger partial charge in [0.2, 0.25) is 0 Å². The number of halogens is 3. The largest absolute Gasteiger partial charge is 0.452 e. The molecule has 0 saturated carbocycles. The SMILES string of the molecule is Cc1nn(Cc2ccc(Cl)cc2Cl)c(Cl)c1C=CC(=O)OCC(=O)N1CC(C)CC(C)C1. The second kappa shape index (κ2) is 10.7. The lowest BCUT2D eigenvalue weighted by atomic mass is 9.92. The number of likely N-dealkylation sites (tertiary alicyclic amines) is 1. The molecule has 0 aliphatic carbocycles. The van der Waals surface area contributed by atoms with Gasteiger partial charge in [0.1, 0.15) is 5.15 Å². The Hall–Kier alpha value is -2.02. The van der Waals surface area contributed by atoms with Crippen LogP contribution in [0.5, 0.6) is 0 Å². The number of hydrogen-bond acceptors (Lipinski definition) is 4.